The highest BCUT2D eigenvalue weighted by atomic mass is 28.4. The molecule has 0 amide bonds. The zero-order chi connectivity index (χ0) is 18.7. The lowest BCUT2D eigenvalue weighted by atomic mass is 10.5. The van der Waals surface area contributed by atoms with Crippen LogP contribution in [-0.4, -0.2) is 63.5 Å². The first-order valence-corrected chi connectivity index (χ1v) is 13.8. The smallest absolute Gasteiger partial charge is 0.334 e. The van der Waals surface area contributed by atoms with E-state index in [1.54, 1.807) is 0 Å². The molecule has 0 rings (SSSR count). The minimum Gasteiger partial charge on any atom is -0.395 e. The van der Waals surface area contributed by atoms with Gasteiger partial charge in [0.1, 0.15) is 5.91 Å². The third kappa shape index (κ3) is 17.0. The molecule has 0 saturated heterocycles. The van der Waals surface area contributed by atoms with Crippen LogP contribution in [0.5, 0.6) is 0 Å². The summed E-state index contributed by atoms with van der Waals surface area (Å²) in [5, 5.41) is 0. The first-order valence-electron chi connectivity index (χ1n) is 9.44. The van der Waals surface area contributed by atoms with Gasteiger partial charge in [0.15, 0.2) is 0 Å². The maximum atomic E-state index is 5.63. The van der Waals surface area contributed by atoms with Gasteiger partial charge in [-0.15, -0.1) is 0 Å². The van der Waals surface area contributed by atoms with Crippen LogP contribution in [0.15, 0.2) is 0 Å². The van der Waals surface area contributed by atoms with Crippen molar-refractivity contribution in [1.82, 2.24) is 0 Å². The molecule has 0 bridgehead atoms. The molecule has 0 radical (unpaired) electrons. The van der Waals surface area contributed by atoms with Gasteiger partial charge in [-0.1, -0.05) is 6.04 Å². The van der Waals surface area contributed by atoms with Crippen molar-refractivity contribution < 1.29 is 18.3 Å². The van der Waals surface area contributed by atoms with Crippen LogP contribution in [0.3, 0.4) is 0 Å². The predicted octanol–water partition coefficient (Wildman–Crippen LogP) is 1.76. The summed E-state index contributed by atoms with van der Waals surface area (Å²) in [6.07, 6.45) is 2.12. The van der Waals surface area contributed by atoms with Gasteiger partial charge in [0.2, 0.25) is 0 Å². The highest BCUT2D eigenvalue weighted by Gasteiger charge is 2.29. The van der Waals surface area contributed by atoms with Crippen LogP contribution in [0.4, 0.5) is 0 Å². The van der Waals surface area contributed by atoms with Crippen molar-refractivity contribution in [3.8, 4) is 0 Å². The van der Waals surface area contributed by atoms with Gasteiger partial charge in [-0.25, -0.2) is 0 Å². The second-order valence-corrected chi connectivity index (χ2v) is 10.8. The molecular weight excluding hydrogens is 340 g/mol. The Balaban J connectivity index is 0. The normalized spacial score (nSPS) is 12.0. The summed E-state index contributed by atoms with van der Waals surface area (Å²) in [5.41, 5.74) is 10.8. The molecule has 6 nitrogen and oxygen atoms in total. The fraction of sp³-hybridized carbons (Fsp3) is 1.00. The molecule has 0 unspecified atom stereocenters. The third-order valence-electron chi connectivity index (χ3n) is 3.33. The van der Waals surface area contributed by atoms with Gasteiger partial charge in [0, 0.05) is 26.4 Å². The Hall–Kier alpha value is 0.194. The quantitative estimate of drug-likeness (QED) is 0.255. The summed E-state index contributed by atoms with van der Waals surface area (Å²) < 4.78 is 22.1. The SMILES string of the molecule is CCOC(OCC)[SiH2]CCCN.CCO[Si](C)(CCCN)OCC. The first-order chi connectivity index (χ1) is 11.5. The van der Waals surface area contributed by atoms with Crippen molar-refractivity contribution in [2.24, 2.45) is 11.5 Å². The molecule has 0 saturated carbocycles. The van der Waals surface area contributed by atoms with Crippen LogP contribution < -0.4 is 11.5 Å². The lowest BCUT2D eigenvalue weighted by Crippen LogP contribution is -2.39. The highest BCUT2D eigenvalue weighted by molar-refractivity contribution is 6.66. The molecule has 24 heavy (non-hydrogen) atoms. The van der Waals surface area contributed by atoms with E-state index in [9.17, 15) is 0 Å². The molecule has 8 heteroatoms. The Bertz CT molecular complexity index is 240. The Labute approximate surface area is 153 Å². The fourth-order valence-corrected chi connectivity index (χ4v) is 6.42. The lowest BCUT2D eigenvalue weighted by molar-refractivity contribution is -0.0827. The fourth-order valence-electron chi connectivity index (χ4n) is 2.26. The summed E-state index contributed by atoms with van der Waals surface area (Å²) in [5.74, 6) is 0.117. The maximum absolute atomic E-state index is 5.63. The van der Waals surface area contributed by atoms with Crippen LogP contribution in [0.1, 0.15) is 40.5 Å². The van der Waals surface area contributed by atoms with Gasteiger partial charge < -0.3 is 29.8 Å². The minimum atomic E-state index is -1.85. The Morgan fingerprint density at radius 3 is 1.71 bits per heavy atom. The molecule has 0 aromatic heterocycles. The molecule has 0 fully saturated rings. The van der Waals surface area contributed by atoms with E-state index in [2.05, 4.69) is 6.55 Å². The van der Waals surface area contributed by atoms with Crippen molar-refractivity contribution in [3.05, 3.63) is 0 Å². The minimum absolute atomic E-state index is 0.117. The van der Waals surface area contributed by atoms with Crippen LogP contribution in [0.2, 0.25) is 18.6 Å². The Kier molecular flexibility index (Phi) is 21.5. The van der Waals surface area contributed by atoms with E-state index in [4.69, 9.17) is 29.8 Å². The largest absolute Gasteiger partial charge is 0.395 e. The van der Waals surface area contributed by atoms with E-state index in [0.29, 0.717) is 0 Å². The molecule has 0 atom stereocenters. The standard InChI is InChI=1S/2C8H21NO2Si/c1-4-10-12(3,11-5-2)8-6-7-9;1-3-10-8(11-4-2)12-7-5-6-9/h4-9H2,1-3H3;8H,3-7,9,12H2,1-2H3. The van der Waals surface area contributed by atoms with E-state index < -0.39 is 8.56 Å². The van der Waals surface area contributed by atoms with E-state index in [1.165, 1.54) is 6.04 Å². The average molecular weight is 383 g/mol. The third-order valence-corrected chi connectivity index (χ3v) is 8.24. The van der Waals surface area contributed by atoms with Gasteiger partial charge in [-0.2, -0.15) is 0 Å². The molecule has 0 aliphatic heterocycles. The van der Waals surface area contributed by atoms with Crippen molar-refractivity contribution in [2.45, 2.75) is 65.1 Å². The number of rotatable bonds is 15. The lowest BCUT2D eigenvalue weighted by Gasteiger charge is -2.25. The van der Waals surface area contributed by atoms with Crippen molar-refractivity contribution in [2.75, 3.05) is 39.5 Å². The van der Waals surface area contributed by atoms with Gasteiger partial charge in [0.25, 0.3) is 0 Å². The molecule has 0 spiro atoms. The van der Waals surface area contributed by atoms with E-state index in [-0.39, 0.29) is 15.4 Å². The number of hydrogen-bond acceptors (Lipinski definition) is 6. The van der Waals surface area contributed by atoms with Crippen LogP contribution in [0.25, 0.3) is 0 Å². The Morgan fingerprint density at radius 1 is 0.833 bits per heavy atom. The van der Waals surface area contributed by atoms with Crippen LogP contribution in [-0.2, 0) is 18.3 Å². The van der Waals surface area contributed by atoms with Crippen molar-refractivity contribution in [3.63, 3.8) is 0 Å². The molecule has 148 valence electrons. The van der Waals surface area contributed by atoms with E-state index >= 15 is 0 Å². The first kappa shape index (κ1) is 26.4. The Morgan fingerprint density at radius 2 is 1.33 bits per heavy atom. The van der Waals surface area contributed by atoms with E-state index in [1.807, 2.05) is 27.7 Å². The number of ether oxygens (including phenoxy) is 2. The van der Waals surface area contributed by atoms with Crippen molar-refractivity contribution in [1.29, 1.82) is 0 Å². The summed E-state index contributed by atoms with van der Waals surface area (Å²) in [7, 11) is -2.08. The monoisotopic (exact) mass is 382 g/mol. The molecule has 0 aliphatic rings. The number of nitrogens with two attached hydrogens (primary N) is 2. The van der Waals surface area contributed by atoms with Gasteiger partial charge in [-0.3, -0.25) is 0 Å². The number of hydrogen-bond donors (Lipinski definition) is 2. The molecule has 0 aromatic carbocycles. The highest BCUT2D eigenvalue weighted by Crippen LogP contribution is 2.14. The molecule has 0 aliphatic carbocycles. The second kappa shape index (κ2) is 19.5. The van der Waals surface area contributed by atoms with Crippen LogP contribution in [0, 0.1) is 0 Å². The summed E-state index contributed by atoms with van der Waals surface area (Å²) in [6, 6.07) is 2.23. The zero-order valence-electron chi connectivity index (χ0n) is 16.6. The topological polar surface area (TPSA) is 89.0 Å². The summed E-state index contributed by atoms with van der Waals surface area (Å²) in [4.78, 5) is 0. The second-order valence-electron chi connectivity index (χ2n) is 5.52. The van der Waals surface area contributed by atoms with Gasteiger partial charge in [0.05, 0.1) is 9.52 Å². The summed E-state index contributed by atoms with van der Waals surface area (Å²) >= 11 is 0. The van der Waals surface area contributed by atoms with E-state index in [0.717, 1.165) is 58.4 Å². The maximum Gasteiger partial charge on any atom is 0.334 e. The predicted molar refractivity (Wildman–Crippen MR) is 107 cm³/mol. The molecule has 0 aromatic rings. The average Bonchev–Trinajstić information content (AvgIpc) is 2.55. The van der Waals surface area contributed by atoms with Gasteiger partial charge >= 0.3 is 8.56 Å². The van der Waals surface area contributed by atoms with Crippen LogP contribution >= 0.6 is 0 Å². The zero-order valence-corrected chi connectivity index (χ0v) is 19.1. The van der Waals surface area contributed by atoms with Gasteiger partial charge in [-0.05, 0) is 66.2 Å². The molecular formula is C16H42N2O4Si2. The van der Waals surface area contributed by atoms with Crippen molar-refractivity contribution >= 4 is 18.1 Å². The summed E-state index contributed by atoms with van der Waals surface area (Å²) in [6.45, 7) is 14.6. The molecule has 4 N–H and O–H groups in total. The molecule has 0 heterocycles.